The molecule has 0 saturated heterocycles. The third-order valence-corrected chi connectivity index (χ3v) is 4.79. The van der Waals surface area contributed by atoms with Crippen molar-refractivity contribution in [1.82, 2.24) is 5.32 Å². The van der Waals surface area contributed by atoms with Crippen molar-refractivity contribution in [3.05, 3.63) is 64.5 Å². The van der Waals surface area contributed by atoms with Gasteiger partial charge in [-0.2, -0.15) is 0 Å². The highest BCUT2D eigenvalue weighted by atomic mass is 79.9. The molecule has 0 saturated carbocycles. The van der Waals surface area contributed by atoms with Gasteiger partial charge in [-0.15, -0.1) is 0 Å². The monoisotopic (exact) mass is 357 g/mol. The third kappa shape index (κ3) is 2.42. The zero-order chi connectivity index (χ0) is 14.9. The summed E-state index contributed by atoms with van der Waals surface area (Å²) in [5.41, 5.74) is 1.15. The molecule has 0 spiro atoms. The van der Waals surface area contributed by atoms with Crippen LogP contribution in [-0.2, 0) is 6.54 Å². The van der Waals surface area contributed by atoms with Gasteiger partial charge < -0.3 is 14.5 Å². The average Bonchev–Trinajstić information content (AvgIpc) is 2.93. The zero-order valence-corrected chi connectivity index (χ0v) is 13.6. The summed E-state index contributed by atoms with van der Waals surface area (Å²) in [6, 6.07) is 14.4. The summed E-state index contributed by atoms with van der Waals surface area (Å²) in [5, 5.41) is 5.66. The van der Waals surface area contributed by atoms with Crippen LogP contribution in [0.3, 0.4) is 0 Å². The highest BCUT2D eigenvalue weighted by molar-refractivity contribution is 9.10. The van der Waals surface area contributed by atoms with Gasteiger partial charge in [0.1, 0.15) is 17.6 Å². The van der Waals surface area contributed by atoms with Crippen LogP contribution >= 0.6 is 15.9 Å². The summed E-state index contributed by atoms with van der Waals surface area (Å²) in [7, 11) is 0. The summed E-state index contributed by atoms with van der Waals surface area (Å²) in [6.45, 7) is 1.69. The third-order valence-electron chi connectivity index (χ3n) is 4.10. The molecular weight excluding hydrogens is 342 g/mol. The Morgan fingerprint density at radius 3 is 2.86 bits per heavy atom. The van der Waals surface area contributed by atoms with Crippen LogP contribution in [0.2, 0.25) is 0 Å². The van der Waals surface area contributed by atoms with Crippen LogP contribution in [0.5, 0.6) is 5.75 Å². The minimum atomic E-state index is 0.0216. The molecule has 1 atom stereocenters. The molecule has 3 nitrogen and oxygen atoms in total. The second-order valence-corrected chi connectivity index (χ2v) is 6.32. The van der Waals surface area contributed by atoms with E-state index in [0.717, 1.165) is 46.4 Å². The first-order valence-corrected chi connectivity index (χ1v) is 8.23. The molecule has 0 fully saturated rings. The number of benzene rings is 2. The lowest BCUT2D eigenvalue weighted by atomic mass is 10.1. The maximum absolute atomic E-state index is 6.37. The first-order valence-electron chi connectivity index (χ1n) is 7.44. The average molecular weight is 358 g/mol. The van der Waals surface area contributed by atoms with Crippen LogP contribution in [0.1, 0.15) is 23.8 Å². The molecule has 1 aliphatic rings. The van der Waals surface area contributed by atoms with Gasteiger partial charge in [-0.3, -0.25) is 0 Å². The fraction of sp³-hybridized carbons (Fsp3) is 0.222. The van der Waals surface area contributed by atoms with Crippen molar-refractivity contribution in [3.8, 4) is 5.75 Å². The SMILES string of the molecule is Brc1ccc(OC2CCNCc3occc32)c2ccccc12. The van der Waals surface area contributed by atoms with Crippen molar-refractivity contribution < 1.29 is 9.15 Å². The Kier molecular flexibility index (Phi) is 3.64. The second kappa shape index (κ2) is 5.78. The van der Waals surface area contributed by atoms with Crippen molar-refractivity contribution in [2.24, 2.45) is 0 Å². The lowest BCUT2D eigenvalue weighted by molar-refractivity contribution is 0.199. The van der Waals surface area contributed by atoms with Crippen molar-refractivity contribution in [1.29, 1.82) is 0 Å². The predicted octanol–water partition coefficient (Wildman–Crippen LogP) is 4.81. The molecule has 2 heterocycles. The lowest BCUT2D eigenvalue weighted by Crippen LogP contribution is -2.14. The molecule has 1 aromatic heterocycles. The van der Waals surface area contributed by atoms with E-state index in [1.54, 1.807) is 6.26 Å². The van der Waals surface area contributed by atoms with Crippen LogP contribution < -0.4 is 10.1 Å². The number of rotatable bonds is 2. The number of hydrogen-bond donors (Lipinski definition) is 1. The molecule has 1 N–H and O–H groups in total. The molecule has 0 bridgehead atoms. The lowest BCUT2D eigenvalue weighted by Gasteiger charge is -2.19. The number of nitrogens with one attached hydrogen (secondary N) is 1. The van der Waals surface area contributed by atoms with E-state index in [0.29, 0.717) is 0 Å². The number of fused-ring (bicyclic) bond motifs is 2. The van der Waals surface area contributed by atoms with Gasteiger partial charge in [0.05, 0.1) is 12.8 Å². The molecule has 1 unspecified atom stereocenters. The molecular formula is C18H16BrNO2. The summed E-state index contributed by atoms with van der Waals surface area (Å²) < 4.78 is 13.0. The molecule has 112 valence electrons. The van der Waals surface area contributed by atoms with Gasteiger partial charge in [0.25, 0.3) is 0 Å². The van der Waals surface area contributed by atoms with Crippen LogP contribution in [0, 0.1) is 0 Å². The Morgan fingerprint density at radius 2 is 1.95 bits per heavy atom. The van der Waals surface area contributed by atoms with Gasteiger partial charge in [0.15, 0.2) is 0 Å². The molecule has 0 amide bonds. The summed E-state index contributed by atoms with van der Waals surface area (Å²) in [4.78, 5) is 0. The molecule has 4 heteroatoms. The molecule has 0 radical (unpaired) electrons. The Balaban J connectivity index is 1.74. The van der Waals surface area contributed by atoms with Crippen LogP contribution in [0.25, 0.3) is 10.8 Å². The van der Waals surface area contributed by atoms with E-state index < -0.39 is 0 Å². The normalized spacial score (nSPS) is 18.0. The number of ether oxygens (including phenoxy) is 1. The van der Waals surface area contributed by atoms with E-state index in [4.69, 9.17) is 9.15 Å². The van der Waals surface area contributed by atoms with Crippen LogP contribution in [0.15, 0.2) is 57.6 Å². The Morgan fingerprint density at radius 1 is 1.09 bits per heavy atom. The van der Waals surface area contributed by atoms with Gasteiger partial charge in [-0.25, -0.2) is 0 Å². The standard InChI is InChI=1S/C18H16BrNO2/c19-15-5-6-16(13-4-2-1-3-12(13)15)22-17-7-9-20-11-18-14(17)8-10-21-18/h1-6,8,10,17,20H,7,9,11H2. The minimum Gasteiger partial charge on any atom is -0.485 e. The van der Waals surface area contributed by atoms with Crippen molar-refractivity contribution in [3.63, 3.8) is 0 Å². The number of furan rings is 1. The van der Waals surface area contributed by atoms with E-state index in [9.17, 15) is 0 Å². The largest absolute Gasteiger partial charge is 0.485 e. The summed E-state index contributed by atoms with van der Waals surface area (Å²) in [6.07, 6.45) is 2.69. The number of hydrogen-bond acceptors (Lipinski definition) is 3. The smallest absolute Gasteiger partial charge is 0.128 e. The number of halogens is 1. The van der Waals surface area contributed by atoms with Gasteiger partial charge in [0.2, 0.25) is 0 Å². The Labute approximate surface area is 137 Å². The molecule has 0 aliphatic carbocycles. The quantitative estimate of drug-likeness (QED) is 0.714. The first kappa shape index (κ1) is 13.9. The second-order valence-electron chi connectivity index (χ2n) is 5.46. The van der Waals surface area contributed by atoms with Crippen LogP contribution in [-0.4, -0.2) is 6.54 Å². The van der Waals surface area contributed by atoms with E-state index >= 15 is 0 Å². The Hall–Kier alpha value is -1.78. The maximum Gasteiger partial charge on any atom is 0.128 e. The van der Waals surface area contributed by atoms with Crippen molar-refractivity contribution in [2.75, 3.05) is 6.54 Å². The van der Waals surface area contributed by atoms with Gasteiger partial charge in [0, 0.05) is 21.8 Å². The topological polar surface area (TPSA) is 34.4 Å². The first-order chi connectivity index (χ1) is 10.8. The van der Waals surface area contributed by atoms with Gasteiger partial charge in [-0.05, 0) is 30.1 Å². The van der Waals surface area contributed by atoms with Gasteiger partial charge >= 0.3 is 0 Å². The van der Waals surface area contributed by atoms with E-state index in [1.165, 1.54) is 5.39 Å². The van der Waals surface area contributed by atoms with Crippen molar-refractivity contribution >= 4 is 26.7 Å². The molecule has 4 rings (SSSR count). The molecule has 2 aromatic carbocycles. The van der Waals surface area contributed by atoms with Crippen molar-refractivity contribution in [2.45, 2.75) is 19.1 Å². The van der Waals surface area contributed by atoms with E-state index in [1.807, 2.05) is 30.3 Å². The highest BCUT2D eigenvalue weighted by Gasteiger charge is 2.23. The van der Waals surface area contributed by atoms with E-state index in [-0.39, 0.29) is 6.10 Å². The fourth-order valence-corrected chi connectivity index (χ4v) is 3.46. The maximum atomic E-state index is 6.37. The molecule has 22 heavy (non-hydrogen) atoms. The minimum absolute atomic E-state index is 0.0216. The van der Waals surface area contributed by atoms with Crippen LogP contribution in [0.4, 0.5) is 0 Å². The summed E-state index contributed by atoms with van der Waals surface area (Å²) >= 11 is 3.61. The van der Waals surface area contributed by atoms with Gasteiger partial charge in [-0.1, -0.05) is 40.2 Å². The highest BCUT2D eigenvalue weighted by Crippen LogP contribution is 2.36. The van der Waals surface area contributed by atoms with E-state index in [2.05, 4.69) is 33.4 Å². The summed E-state index contributed by atoms with van der Waals surface area (Å²) in [5.74, 6) is 1.89. The Bertz CT molecular complexity index is 812. The predicted molar refractivity (Wildman–Crippen MR) is 90.0 cm³/mol. The molecule has 3 aromatic rings. The molecule has 1 aliphatic heterocycles. The zero-order valence-electron chi connectivity index (χ0n) is 12.0. The fourth-order valence-electron chi connectivity index (χ4n) is 2.98.